The number of carbonyl (C=O) groups excluding carboxylic acids is 1. The number of hydrogen-bond acceptors (Lipinski definition) is 4. The number of hydrogen-bond donors (Lipinski definition) is 1. The van der Waals surface area contributed by atoms with Gasteiger partial charge in [-0.3, -0.25) is 0 Å². The molecular weight excluding hydrogens is 310 g/mol. The van der Waals surface area contributed by atoms with E-state index in [0.29, 0.717) is 25.6 Å². The summed E-state index contributed by atoms with van der Waals surface area (Å²) in [4.78, 5) is 18.1. The topological polar surface area (TPSA) is 54.5 Å². The first kappa shape index (κ1) is 17.3. The molecule has 0 bridgehead atoms. The summed E-state index contributed by atoms with van der Waals surface area (Å²) in [6.45, 7) is 5.66. The van der Waals surface area contributed by atoms with Crippen LogP contribution in [-0.4, -0.2) is 36.1 Å². The lowest BCUT2D eigenvalue weighted by Crippen LogP contribution is -2.39. The minimum absolute atomic E-state index is 0.124. The predicted molar refractivity (Wildman–Crippen MR) is 93.0 cm³/mol. The number of nitrogens with one attached hydrogen (secondary N) is 1. The molecule has 2 amide bonds. The molecule has 2 rings (SSSR count). The Morgan fingerprint density at radius 3 is 2.74 bits per heavy atom. The number of likely N-dealkylation sites (N-methyl/N-ethyl adjacent to an activating group) is 1. The maximum atomic E-state index is 12.0. The highest BCUT2D eigenvalue weighted by Gasteiger charge is 2.10. The van der Waals surface area contributed by atoms with Crippen LogP contribution in [0.5, 0.6) is 5.75 Å². The van der Waals surface area contributed by atoms with Crippen molar-refractivity contribution < 1.29 is 9.53 Å². The standard InChI is InChI=1S/C17H23N3O2S/c1-13(2)16-19-14(12-23-16)11-18-17(21)20(3)9-10-22-15-7-5-4-6-8-15/h4-8,12-13H,9-11H2,1-3H3,(H,18,21). The highest BCUT2D eigenvalue weighted by molar-refractivity contribution is 7.09. The number of rotatable bonds is 7. The monoisotopic (exact) mass is 333 g/mol. The van der Waals surface area contributed by atoms with E-state index in [-0.39, 0.29) is 6.03 Å². The average Bonchev–Trinajstić information content (AvgIpc) is 3.02. The fraction of sp³-hybridized carbons (Fsp3) is 0.412. The first-order chi connectivity index (χ1) is 11.1. The summed E-state index contributed by atoms with van der Waals surface area (Å²) >= 11 is 1.63. The van der Waals surface area contributed by atoms with Crippen molar-refractivity contribution in [2.24, 2.45) is 0 Å². The quantitative estimate of drug-likeness (QED) is 0.844. The molecule has 1 N–H and O–H groups in total. The number of ether oxygens (including phenoxy) is 1. The average molecular weight is 333 g/mol. The molecule has 5 nitrogen and oxygen atoms in total. The van der Waals surface area contributed by atoms with E-state index in [4.69, 9.17) is 4.74 Å². The third kappa shape index (κ3) is 5.56. The number of carbonyl (C=O) groups is 1. The molecule has 6 heteroatoms. The highest BCUT2D eigenvalue weighted by atomic mass is 32.1. The number of nitrogens with zero attached hydrogens (tertiary/aromatic N) is 2. The number of amides is 2. The van der Waals surface area contributed by atoms with E-state index in [1.807, 2.05) is 35.7 Å². The fourth-order valence-corrected chi connectivity index (χ4v) is 2.72. The van der Waals surface area contributed by atoms with E-state index in [1.165, 1.54) is 0 Å². The van der Waals surface area contributed by atoms with Crippen molar-refractivity contribution in [3.8, 4) is 5.75 Å². The summed E-state index contributed by atoms with van der Waals surface area (Å²) in [6, 6.07) is 9.45. The van der Waals surface area contributed by atoms with Crippen LogP contribution in [0.15, 0.2) is 35.7 Å². The molecule has 0 aliphatic heterocycles. The van der Waals surface area contributed by atoms with Gasteiger partial charge in [0.15, 0.2) is 0 Å². The van der Waals surface area contributed by atoms with Crippen LogP contribution in [0.4, 0.5) is 4.79 Å². The summed E-state index contributed by atoms with van der Waals surface area (Å²) in [7, 11) is 1.75. The van der Waals surface area contributed by atoms with Crippen LogP contribution in [0.3, 0.4) is 0 Å². The molecule has 1 aromatic heterocycles. The minimum Gasteiger partial charge on any atom is -0.492 e. The van der Waals surface area contributed by atoms with Gasteiger partial charge in [-0.1, -0.05) is 32.0 Å². The molecular formula is C17H23N3O2S. The van der Waals surface area contributed by atoms with E-state index in [1.54, 1.807) is 23.3 Å². The van der Waals surface area contributed by atoms with Crippen LogP contribution >= 0.6 is 11.3 Å². The maximum absolute atomic E-state index is 12.0. The summed E-state index contributed by atoms with van der Waals surface area (Å²) in [5.74, 6) is 1.23. The summed E-state index contributed by atoms with van der Waals surface area (Å²) in [5.41, 5.74) is 0.904. The van der Waals surface area contributed by atoms with E-state index in [0.717, 1.165) is 16.5 Å². The Hall–Kier alpha value is -2.08. The number of urea groups is 1. The molecule has 1 heterocycles. The van der Waals surface area contributed by atoms with Crippen molar-refractivity contribution in [3.63, 3.8) is 0 Å². The van der Waals surface area contributed by atoms with Crippen LogP contribution in [0.2, 0.25) is 0 Å². The maximum Gasteiger partial charge on any atom is 0.317 e. The van der Waals surface area contributed by atoms with Crippen molar-refractivity contribution in [2.75, 3.05) is 20.2 Å². The Morgan fingerprint density at radius 1 is 1.35 bits per heavy atom. The van der Waals surface area contributed by atoms with Crippen LogP contribution in [0.1, 0.15) is 30.5 Å². The lowest BCUT2D eigenvalue weighted by Gasteiger charge is -2.17. The zero-order valence-corrected chi connectivity index (χ0v) is 14.6. The van der Waals surface area contributed by atoms with Gasteiger partial charge in [0.1, 0.15) is 12.4 Å². The van der Waals surface area contributed by atoms with Gasteiger partial charge in [0.25, 0.3) is 0 Å². The van der Waals surface area contributed by atoms with Crippen molar-refractivity contribution in [1.29, 1.82) is 0 Å². The molecule has 0 spiro atoms. The van der Waals surface area contributed by atoms with Gasteiger partial charge in [0.2, 0.25) is 0 Å². The van der Waals surface area contributed by atoms with E-state index in [2.05, 4.69) is 24.1 Å². The van der Waals surface area contributed by atoms with E-state index in [9.17, 15) is 4.79 Å². The molecule has 23 heavy (non-hydrogen) atoms. The second kappa shape index (κ2) is 8.53. The van der Waals surface area contributed by atoms with Gasteiger partial charge in [-0.15, -0.1) is 11.3 Å². The smallest absolute Gasteiger partial charge is 0.317 e. The minimum atomic E-state index is -0.124. The highest BCUT2D eigenvalue weighted by Crippen LogP contribution is 2.18. The van der Waals surface area contributed by atoms with Crippen molar-refractivity contribution >= 4 is 17.4 Å². The third-order valence-corrected chi connectivity index (χ3v) is 4.46. The van der Waals surface area contributed by atoms with Gasteiger partial charge >= 0.3 is 6.03 Å². The predicted octanol–water partition coefficient (Wildman–Crippen LogP) is 3.49. The van der Waals surface area contributed by atoms with E-state index >= 15 is 0 Å². The molecule has 0 aliphatic rings. The summed E-state index contributed by atoms with van der Waals surface area (Å²) in [5, 5.41) is 5.97. The third-order valence-electron chi connectivity index (χ3n) is 3.27. The Kier molecular flexibility index (Phi) is 6.40. The van der Waals surface area contributed by atoms with Gasteiger partial charge in [-0.25, -0.2) is 9.78 Å². The van der Waals surface area contributed by atoms with Crippen molar-refractivity contribution in [3.05, 3.63) is 46.4 Å². The molecule has 0 saturated carbocycles. The molecule has 0 aliphatic carbocycles. The van der Waals surface area contributed by atoms with Gasteiger partial charge < -0.3 is 15.0 Å². The van der Waals surface area contributed by atoms with E-state index < -0.39 is 0 Å². The van der Waals surface area contributed by atoms with Gasteiger partial charge in [0, 0.05) is 18.3 Å². The molecule has 124 valence electrons. The molecule has 0 radical (unpaired) electrons. The SMILES string of the molecule is CC(C)c1nc(CNC(=O)N(C)CCOc2ccccc2)cs1. The molecule has 0 unspecified atom stereocenters. The van der Waals surface area contributed by atoms with Crippen LogP contribution < -0.4 is 10.1 Å². The lowest BCUT2D eigenvalue weighted by molar-refractivity contribution is 0.195. The molecule has 0 saturated heterocycles. The van der Waals surface area contributed by atoms with Crippen LogP contribution in [-0.2, 0) is 6.54 Å². The second-order valence-corrected chi connectivity index (χ2v) is 6.46. The Labute approximate surface area is 141 Å². The van der Waals surface area contributed by atoms with Crippen molar-refractivity contribution in [2.45, 2.75) is 26.3 Å². The Morgan fingerprint density at radius 2 is 2.09 bits per heavy atom. The number of benzene rings is 1. The van der Waals surface area contributed by atoms with Crippen LogP contribution in [0, 0.1) is 0 Å². The summed E-state index contributed by atoms with van der Waals surface area (Å²) < 4.78 is 5.59. The van der Waals surface area contributed by atoms with Crippen molar-refractivity contribution in [1.82, 2.24) is 15.2 Å². The van der Waals surface area contributed by atoms with Gasteiger partial charge in [-0.05, 0) is 12.1 Å². The Bertz CT molecular complexity index is 613. The lowest BCUT2D eigenvalue weighted by atomic mass is 10.2. The van der Waals surface area contributed by atoms with Gasteiger partial charge in [-0.2, -0.15) is 0 Å². The number of thiazole rings is 1. The first-order valence-corrected chi connectivity index (χ1v) is 8.55. The molecule has 2 aromatic rings. The number of para-hydroxylation sites is 1. The fourth-order valence-electron chi connectivity index (χ4n) is 1.89. The molecule has 0 atom stereocenters. The number of aromatic nitrogens is 1. The zero-order chi connectivity index (χ0) is 16.7. The second-order valence-electron chi connectivity index (χ2n) is 5.57. The van der Waals surface area contributed by atoms with Gasteiger partial charge in [0.05, 0.1) is 23.8 Å². The Balaban J connectivity index is 1.70. The molecule has 1 aromatic carbocycles. The van der Waals surface area contributed by atoms with Crippen LogP contribution in [0.25, 0.3) is 0 Å². The molecule has 0 fully saturated rings. The first-order valence-electron chi connectivity index (χ1n) is 7.67. The largest absolute Gasteiger partial charge is 0.492 e. The normalized spacial score (nSPS) is 10.6. The summed E-state index contributed by atoms with van der Waals surface area (Å²) in [6.07, 6.45) is 0. The zero-order valence-electron chi connectivity index (χ0n) is 13.8.